The topological polar surface area (TPSA) is 17.1 Å². The van der Waals surface area contributed by atoms with Crippen molar-refractivity contribution in [3.8, 4) is 0 Å². The molecule has 8 aromatic rings. The molecule has 0 radical (unpaired) electrons. The number of hydrogen-bond acceptors (Lipinski definition) is 5. The van der Waals surface area contributed by atoms with E-state index in [1.54, 1.807) is 0 Å². The molecule has 0 unspecified atom stereocenters. The van der Waals surface area contributed by atoms with Gasteiger partial charge in [0.25, 0.3) is 0 Å². The summed E-state index contributed by atoms with van der Waals surface area (Å²) in [6.07, 6.45) is 0. The Kier molecular flexibility index (Phi) is 26.6. The van der Waals surface area contributed by atoms with Gasteiger partial charge in [0.1, 0.15) is 57.0 Å². The molecule has 0 heterocycles. The molecule has 0 saturated heterocycles. The van der Waals surface area contributed by atoms with E-state index in [-0.39, 0.29) is 40.1 Å². The quantitative estimate of drug-likeness (QED) is 0.0495. The molecule has 0 aromatic heterocycles. The minimum Gasteiger partial charge on any atom is -1.00 e. The molecule has 11 heteroatoms. The van der Waals surface area contributed by atoms with Crippen LogP contribution in [0.25, 0.3) is 0 Å². The second kappa shape index (κ2) is 29.8. The maximum atomic E-state index is 8.33. The Labute approximate surface area is 402 Å². The van der Waals surface area contributed by atoms with Crippen molar-refractivity contribution in [2.75, 3.05) is 0 Å². The van der Waals surface area contributed by atoms with Gasteiger partial charge in [-0.1, -0.05) is 146 Å². The molecule has 1 nitrogen and oxygen atoms in total. The second-order valence-electron chi connectivity index (χ2n) is 12.1. The smallest absolute Gasteiger partial charge is 0.144 e. The van der Waals surface area contributed by atoms with Crippen molar-refractivity contribution >= 4 is 127 Å². The summed E-state index contributed by atoms with van der Waals surface area (Å²) in [4.78, 5) is 0. The zero-order valence-corrected chi connectivity index (χ0v) is 42.4. The van der Waals surface area contributed by atoms with Gasteiger partial charge in [-0.3, -0.25) is 0 Å². The Balaban J connectivity index is 0.000000344. The first-order valence-electron chi connectivity index (χ1n) is 17.7. The van der Waals surface area contributed by atoms with Crippen LogP contribution >= 0.6 is 34.7 Å². The zero-order valence-electron chi connectivity index (χ0n) is 31.6. The van der Waals surface area contributed by atoms with E-state index in [0.29, 0.717) is 19.8 Å². The van der Waals surface area contributed by atoms with Gasteiger partial charge in [0.15, 0.2) is 0 Å². The van der Waals surface area contributed by atoms with E-state index in [1.807, 2.05) is 0 Å². The molecule has 0 fully saturated rings. The molecule has 0 spiro atoms. The van der Waals surface area contributed by atoms with E-state index in [1.165, 1.54) is 42.4 Å². The molecule has 304 valence electrons. The van der Waals surface area contributed by atoms with Crippen LogP contribution in [0, 0.1) is 0 Å². The van der Waals surface area contributed by atoms with Gasteiger partial charge in [-0.2, -0.15) is 0 Å². The molecule has 0 aliphatic carbocycles. The largest absolute Gasteiger partial charge is 1.00 e. The summed E-state index contributed by atoms with van der Waals surface area (Å²) in [5, 5.41) is 11.1. The van der Waals surface area contributed by atoms with Gasteiger partial charge in [0, 0.05) is 0 Å². The fourth-order valence-electron chi connectivity index (χ4n) is 7.00. The summed E-state index contributed by atoms with van der Waals surface area (Å²) in [6, 6.07) is 87.7. The van der Waals surface area contributed by atoms with E-state index in [9.17, 15) is 0 Å². The van der Waals surface area contributed by atoms with E-state index in [0.717, 1.165) is 0 Å². The fraction of sp³-hybridized carbons (Fsp3) is 0. The van der Waals surface area contributed by atoms with Crippen molar-refractivity contribution in [3.05, 3.63) is 243 Å². The van der Waals surface area contributed by atoms with Crippen molar-refractivity contribution in [2.24, 2.45) is 0 Å². The van der Waals surface area contributed by atoms with Gasteiger partial charge >= 0.3 is 56.5 Å². The average molecular weight is 1140 g/mol. The summed E-state index contributed by atoms with van der Waals surface area (Å²) in [5.41, 5.74) is 0. The van der Waals surface area contributed by atoms with E-state index < -0.39 is 14.5 Å². The molecule has 0 bridgehead atoms. The molecule has 0 aliphatic heterocycles. The third-order valence-electron chi connectivity index (χ3n) is 9.15. The molecule has 8 aromatic carbocycles. The Bertz CT molecular complexity index is 1760. The van der Waals surface area contributed by atoms with Crippen molar-refractivity contribution in [1.29, 1.82) is 0 Å². The maximum absolute atomic E-state index is 8.33. The first-order valence-corrected chi connectivity index (χ1v) is 26.8. The molecule has 59 heavy (non-hydrogen) atoms. The molecule has 0 N–H and O–H groups in total. The van der Waals surface area contributed by atoms with Crippen LogP contribution in [-0.4, -0.2) is 0 Å². The minimum atomic E-state index is -1.91. The van der Waals surface area contributed by atoms with Crippen LogP contribution in [-0.2, 0) is 86.6 Å². The summed E-state index contributed by atoms with van der Waals surface area (Å²) in [6.45, 7) is 0. The van der Waals surface area contributed by atoms with Gasteiger partial charge in [0.05, 0.1) is 0 Å². The number of halogens is 2. The Morgan fingerprint density at radius 3 is 0.458 bits per heavy atom. The molecule has 0 atom stereocenters. The minimum absolute atomic E-state index is 0. The van der Waals surface area contributed by atoms with E-state index >= 15 is 0 Å². The SMILES string of the molecule is [Cl][Fe][Cl].[O]=[W].[S-][S-].[SH-].[SH-].c1ccc([P+](c2ccccc2)(c2ccccc2)c2ccccc2)cc1.c1ccc([P+](c2ccccc2)(c2ccccc2)c2ccccc2)cc1. The molecule has 8 rings (SSSR count). The van der Waals surface area contributed by atoms with Crippen LogP contribution in [0.2, 0.25) is 0 Å². The predicted octanol–water partition coefficient (Wildman–Crippen LogP) is 9.32. The summed E-state index contributed by atoms with van der Waals surface area (Å²) in [7, 11) is 5.72. The first kappa shape index (κ1) is 52.7. The number of benzene rings is 8. The van der Waals surface area contributed by atoms with Crippen LogP contribution in [0.5, 0.6) is 0 Å². The summed E-state index contributed by atoms with van der Waals surface area (Å²) < 4.78 is 8.33. The number of rotatable bonds is 8. The Morgan fingerprint density at radius 1 is 0.288 bits per heavy atom. The maximum Gasteiger partial charge on any atom is 0.144 e. The van der Waals surface area contributed by atoms with Gasteiger partial charge in [-0.25, -0.2) is 0 Å². The fourth-order valence-corrected chi connectivity index (χ4v) is 15.5. The van der Waals surface area contributed by atoms with Gasteiger partial charge in [-0.15, -0.1) is 0 Å². The summed E-state index contributed by atoms with van der Waals surface area (Å²) in [5.74, 6) is 0. The van der Waals surface area contributed by atoms with Crippen molar-refractivity contribution in [2.45, 2.75) is 0 Å². The van der Waals surface area contributed by atoms with Gasteiger partial charge in [-0.05, 0) is 97.1 Å². The van der Waals surface area contributed by atoms with Crippen LogP contribution in [0.1, 0.15) is 0 Å². The zero-order chi connectivity index (χ0) is 40.6. The van der Waals surface area contributed by atoms with Crippen LogP contribution in [0.3, 0.4) is 0 Å². The third-order valence-corrected chi connectivity index (χ3v) is 17.7. The molecule has 0 saturated carbocycles. The molecule has 0 amide bonds. The Morgan fingerprint density at radius 2 is 0.373 bits per heavy atom. The van der Waals surface area contributed by atoms with Crippen LogP contribution < -0.4 is 42.4 Å². The van der Waals surface area contributed by atoms with E-state index in [2.05, 4.69) is 266 Å². The van der Waals surface area contributed by atoms with Crippen molar-refractivity contribution in [1.82, 2.24) is 0 Å². The molecular formula is C48H42Cl2FeOP2S4W-2. The predicted molar refractivity (Wildman–Crippen MR) is 267 cm³/mol. The van der Waals surface area contributed by atoms with Crippen molar-refractivity contribution in [3.63, 3.8) is 0 Å². The van der Waals surface area contributed by atoms with Crippen molar-refractivity contribution < 1.29 is 36.3 Å². The monoisotopic (exact) mass is 1130 g/mol. The number of hydrogen-bond donors (Lipinski definition) is 0. The Hall–Kier alpha value is -2.39. The standard InChI is InChI=1S/2C24H20P.2ClH.Fe.O.S2.2H2S.W/c2*1-5-13-21(14-6-1)25(22-15-7-2-8-16-22,23-17-9-3-10-18-23)24-19-11-4-12-20-24;;;;;1-2;;;/h2*1-20H;2*1H;;;;2*1H2;/q2*+1;;;+2;;-2;;;/p-4. The second-order valence-corrected chi connectivity index (χ2v) is 20.7. The van der Waals surface area contributed by atoms with Gasteiger partial charge < -0.3 is 50.3 Å². The average Bonchev–Trinajstić information content (AvgIpc) is 3.32. The molecule has 0 aliphatic rings. The number of thiol groups is 2. The first-order chi connectivity index (χ1) is 28.3. The molecular weight excluding hydrogens is 1090 g/mol. The summed E-state index contributed by atoms with van der Waals surface area (Å²) >= 11 is 7.86. The van der Waals surface area contributed by atoms with Crippen LogP contribution in [0.15, 0.2) is 243 Å². The van der Waals surface area contributed by atoms with E-state index in [4.69, 9.17) is 23.6 Å². The third kappa shape index (κ3) is 13.3. The van der Waals surface area contributed by atoms with Crippen LogP contribution in [0.4, 0.5) is 0 Å². The van der Waals surface area contributed by atoms with Gasteiger partial charge in [0.2, 0.25) is 0 Å². The normalized spacial score (nSPS) is 10.0.